The lowest BCUT2D eigenvalue weighted by molar-refractivity contribution is 0.0718. The van der Waals surface area contributed by atoms with Crippen LogP contribution in [0.1, 0.15) is 47.8 Å². The highest BCUT2D eigenvalue weighted by Gasteiger charge is 2.19. The Morgan fingerprint density at radius 2 is 2.00 bits per heavy atom. The number of hydrogen-bond acceptors (Lipinski definition) is 3. The van der Waals surface area contributed by atoms with Crippen LogP contribution >= 0.6 is 0 Å². The van der Waals surface area contributed by atoms with E-state index in [0.717, 1.165) is 43.7 Å². The van der Waals surface area contributed by atoms with Crippen LogP contribution in [-0.4, -0.2) is 28.9 Å². The molecule has 1 aromatic carbocycles. The number of carbonyl (C=O) groups excluding carboxylic acids is 1. The van der Waals surface area contributed by atoms with Gasteiger partial charge in [-0.15, -0.1) is 0 Å². The molecule has 1 aromatic heterocycles. The summed E-state index contributed by atoms with van der Waals surface area (Å²) in [5, 5.41) is 3.48. The Balaban J connectivity index is 1.82. The molecule has 2 aromatic rings. The lowest BCUT2D eigenvalue weighted by Gasteiger charge is -2.26. The molecule has 1 aliphatic heterocycles. The van der Waals surface area contributed by atoms with Gasteiger partial charge in [0.2, 0.25) is 0 Å². The number of para-hydroxylation sites is 1. The summed E-state index contributed by atoms with van der Waals surface area (Å²) in [6.07, 6.45) is 6.07. The zero-order chi connectivity index (χ0) is 16.9. The molecule has 3 rings (SSSR count). The van der Waals surface area contributed by atoms with Gasteiger partial charge in [-0.3, -0.25) is 9.78 Å². The Kier molecular flexibility index (Phi) is 5.14. The maximum atomic E-state index is 12.6. The number of aryl methyl sites for hydroxylation is 2. The number of rotatable bonds is 4. The van der Waals surface area contributed by atoms with Crippen molar-refractivity contribution in [1.82, 2.24) is 9.88 Å². The van der Waals surface area contributed by atoms with Gasteiger partial charge in [-0.25, -0.2) is 0 Å². The van der Waals surface area contributed by atoms with Crippen LogP contribution in [0.15, 0.2) is 36.5 Å². The summed E-state index contributed by atoms with van der Waals surface area (Å²) in [6.45, 7) is 5.94. The molecule has 1 N–H and O–H groups in total. The third-order valence-corrected chi connectivity index (χ3v) is 4.63. The summed E-state index contributed by atoms with van der Waals surface area (Å²) < 4.78 is 0. The lowest BCUT2D eigenvalue weighted by atomic mass is 10.1. The van der Waals surface area contributed by atoms with Gasteiger partial charge in [0, 0.05) is 30.7 Å². The van der Waals surface area contributed by atoms with E-state index in [-0.39, 0.29) is 5.91 Å². The molecule has 0 unspecified atom stereocenters. The average molecular weight is 323 g/mol. The van der Waals surface area contributed by atoms with E-state index in [2.05, 4.69) is 42.3 Å². The largest absolute Gasteiger partial charge is 0.355 e. The van der Waals surface area contributed by atoms with Crippen molar-refractivity contribution in [3.05, 3.63) is 53.3 Å². The number of benzene rings is 1. The van der Waals surface area contributed by atoms with Gasteiger partial charge in [0.1, 0.15) is 5.69 Å². The number of carbonyl (C=O) groups is 1. The number of nitrogens with one attached hydrogen (secondary N) is 1. The third kappa shape index (κ3) is 3.58. The molecule has 0 spiro atoms. The summed E-state index contributed by atoms with van der Waals surface area (Å²) in [4.78, 5) is 18.8. The minimum absolute atomic E-state index is 0.0406. The first-order valence-electron chi connectivity index (χ1n) is 8.80. The van der Waals surface area contributed by atoms with E-state index in [0.29, 0.717) is 5.69 Å². The van der Waals surface area contributed by atoms with Crippen molar-refractivity contribution in [3.8, 4) is 0 Å². The first-order valence-corrected chi connectivity index (χ1v) is 8.80. The van der Waals surface area contributed by atoms with E-state index < -0.39 is 0 Å². The van der Waals surface area contributed by atoms with Gasteiger partial charge >= 0.3 is 0 Å². The van der Waals surface area contributed by atoms with Crippen molar-refractivity contribution >= 4 is 17.3 Å². The molecule has 4 heteroatoms. The van der Waals surface area contributed by atoms with Crippen molar-refractivity contribution in [3.63, 3.8) is 0 Å². The van der Waals surface area contributed by atoms with E-state index >= 15 is 0 Å². The minimum atomic E-state index is 0.0406. The Hall–Kier alpha value is -2.36. The molecule has 1 saturated heterocycles. The third-order valence-electron chi connectivity index (χ3n) is 4.63. The Labute approximate surface area is 143 Å². The van der Waals surface area contributed by atoms with E-state index in [1.165, 1.54) is 17.5 Å². The van der Waals surface area contributed by atoms with Crippen molar-refractivity contribution in [2.75, 3.05) is 18.4 Å². The predicted molar refractivity (Wildman–Crippen MR) is 97.8 cm³/mol. The summed E-state index contributed by atoms with van der Waals surface area (Å²) in [6, 6.07) is 10.1. The highest BCUT2D eigenvalue weighted by atomic mass is 16.2. The number of likely N-dealkylation sites (tertiary alicyclic amines) is 1. The molecule has 0 radical (unpaired) electrons. The molecule has 1 amide bonds. The van der Waals surface area contributed by atoms with Gasteiger partial charge in [-0.1, -0.05) is 25.1 Å². The molecule has 0 bridgehead atoms. The number of pyridine rings is 1. The summed E-state index contributed by atoms with van der Waals surface area (Å²) in [7, 11) is 0. The van der Waals surface area contributed by atoms with Gasteiger partial charge in [-0.2, -0.15) is 0 Å². The fraction of sp³-hybridized carbons (Fsp3) is 0.400. The Bertz CT molecular complexity index is 721. The monoisotopic (exact) mass is 323 g/mol. The van der Waals surface area contributed by atoms with Crippen LogP contribution in [0.25, 0.3) is 0 Å². The fourth-order valence-electron chi connectivity index (χ4n) is 3.23. The van der Waals surface area contributed by atoms with E-state index in [4.69, 9.17) is 0 Å². The van der Waals surface area contributed by atoms with Crippen LogP contribution in [0.4, 0.5) is 11.4 Å². The second-order valence-electron chi connectivity index (χ2n) is 6.37. The van der Waals surface area contributed by atoms with Crippen molar-refractivity contribution < 1.29 is 4.79 Å². The zero-order valence-corrected chi connectivity index (χ0v) is 14.5. The predicted octanol–water partition coefficient (Wildman–Crippen LogP) is 4.32. The van der Waals surface area contributed by atoms with Crippen molar-refractivity contribution in [2.24, 2.45) is 0 Å². The van der Waals surface area contributed by atoms with Crippen LogP contribution in [0.2, 0.25) is 0 Å². The van der Waals surface area contributed by atoms with Gasteiger partial charge in [-0.05, 0) is 55.9 Å². The maximum absolute atomic E-state index is 12.6. The molecule has 1 aliphatic rings. The normalized spacial score (nSPS) is 14.5. The molecule has 1 fully saturated rings. The maximum Gasteiger partial charge on any atom is 0.272 e. The van der Waals surface area contributed by atoms with Crippen LogP contribution in [0, 0.1) is 6.92 Å². The molecule has 4 nitrogen and oxygen atoms in total. The highest BCUT2D eigenvalue weighted by Crippen LogP contribution is 2.25. The second kappa shape index (κ2) is 7.47. The number of anilines is 2. The molecule has 2 heterocycles. The number of amides is 1. The lowest BCUT2D eigenvalue weighted by Crippen LogP contribution is -2.36. The minimum Gasteiger partial charge on any atom is -0.355 e. The van der Waals surface area contributed by atoms with Gasteiger partial charge < -0.3 is 10.2 Å². The number of nitrogens with zero attached hydrogens (tertiary/aromatic N) is 2. The smallest absolute Gasteiger partial charge is 0.272 e. The van der Waals surface area contributed by atoms with Crippen LogP contribution in [0.3, 0.4) is 0 Å². The van der Waals surface area contributed by atoms with Gasteiger partial charge in [0.05, 0.1) is 0 Å². The van der Waals surface area contributed by atoms with E-state index in [1.54, 1.807) is 6.20 Å². The van der Waals surface area contributed by atoms with Crippen LogP contribution < -0.4 is 5.32 Å². The zero-order valence-electron chi connectivity index (χ0n) is 14.5. The number of aromatic nitrogens is 1. The number of piperidine rings is 1. The summed E-state index contributed by atoms with van der Waals surface area (Å²) in [5.74, 6) is 0.0406. The average Bonchev–Trinajstić information content (AvgIpc) is 2.64. The molecule has 126 valence electrons. The van der Waals surface area contributed by atoms with Crippen molar-refractivity contribution in [2.45, 2.75) is 39.5 Å². The van der Waals surface area contributed by atoms with Crippen molar-refractivity contribution in [1.29, 1.82) is 0 Å². The highest BCUT2D eigenvalue weighted by molar-refractivity contribution is 5.93. The number of hydrogen-bond donors (Lipinski definition) is 1. The Morgan fingerprint density at radius 1 is 1.21 bits per heavy atom. The Morgan fingerprint density at radius 3 is 2.75 bits per heavy atom. The van der Waals surface area contributed by atoms with Gasteiger partial charge in [0.15, 0.2) is 0 Å². The first kappa shape index (κ1) is 16.5. The van der Waals surface area contributed by atoms with Crippen LogP contribution in [0.5, 0.6) is 0 Å². The quantitative estimate of drug-likeness (QED) is 0.911. The van der Waals surface area contributed by atoms with Crippen LogP contribution in [-0.2, 0) is 6.42 Å². The molecule has 0 aliphatic carbocycles. The standard InChI is InChI=1S/C20H25N3O/c1-3-16-9-7-8-15(2)19(16)22-17-10-11-21-18(14-17)20(24)23-12-5-4-6-13-23/h7-11,14H,3-6,12-13H2,1-2H3,(H,21,22). The van der Waals surface area contributed by atoms with E-state index in [9.17, 15) is 4.79 Å². The summed E-state index contributed by atoms with van der Waals surface area (Å²) >= 11 is 0. The molecule has 24 heavy (non-hydrogen) atoms. The SMILES string of the molecule is CCc1cccc(C)c1Nc1ccnc(C(=O)N2CCCCC2)c1. The fourth-order valence-corrected chi connectivity index (χ4v) is 3.23. The summed E-state index contributed by atoms with van der Waals surface area (Å²) in [5.41, 5.74) is 5.04. The van der Waals surface area contributed by atoms with E-state index in [1.807, 2.05) is 17.0 Å². The molecular weight excluding hydrogens is 298 g/mol. The second-order valence-corrected chi connectivity index (χ2v) is 6.37. The topological polar surface area (TPSA) is 45.2 Å². The molecular formula is C20H25N3O. The molecule has 0 atom stereocenters. The van der Waals surface area contributed by atoms with Gasteiger partial charge in [0.25, 0.3) is 5.91 Å². The first-order chi connectivity index (χ1) is 11.7. The molecule has 0 saturated carbocycles.